The number of benzene rings is 2. The highest BCUT2D eigenvalue weighted by Crippen LogP contribution is 2.33. The molecule has 15 heteroatoms. The summed E-state index contributed by atoms with van der Waals surface area (Å²) >= 11 is 0. The molecule has 1 amide bonds. The second kappa shape index (κ2) is 9.18. The number of hydrogen-bond acceptors (Lipinski definition) is 6. The first-order valence-corrected chi connectivity index (χ1v) is 12.5. The van der Waals surface area contributed by atoms with Gasteiger partial charge in [0.25, 0.3) is 5.91 Å². The summed E-state index contributed by atoms with van der Waals surface area (Å²) in [5.41, 5.74) is -1.94. The minimum atomic E-state index is -5.24. The van der Waals surface area contributed by atoms with Gasteiger partial charge in [-0.15, -0.1) is 13.2 Å². The number of ether oxygens (including phenoxy) is 1. The van der Waals surface area contributed by atoms with E-state index in [1.807, 2.05) is 0 Å². The largest absolute Gasteiger partial charge is 0.573 e. The lowest BCUT2D eigenvalue weighted by atomic mass is 9.90. The predicted octanol–water partition coefficient (Wildman–Crippen LogP) is 3.18. The van der Waals surface area contributed by atoms with Crippen molar-refractivity contribution in [3.8, 4) is 5.75 Å². The Morgan fingerprint density at radius 1 is 1.03 bits per heavy atom. The lowest BCUT2D eigenvalue weighted by molar-refractivity contribution is -0.274. The molecule has 0 bridgehead atoms. The summed E-state index contributed by atoms with van der Waals surface area (Å²) in [5, 5.41) is 0. The zero-order valence-corrected chi connectivity index (χ0v) is 19.1. The van der Waals surface area contributed by atoms with Crippen LogP contribution >= 0.6 is 0 Å². The van der Waals surface area contributed by atoms with Gasteiger partial charge < -0.3 is 9.64 Å². The molecule has 1 aliphatic rings. The normalized spacial score (nSPS) is 14.9. The smallest absolute Gasteiger partial charge is 0.405 e. The molecule has 1 heterocycles. The molecule has 1 saturated heterocycles. The van der Waals surface area contributed by atoms with E-state index in [2.05, 4.69) is 4.74 Å². The molecule has 0 atom stereocenters. The number of likely N-dealkylation sites (tertiary alicyclic amines) is 1. The number of rotatable bonds is 5. The van der Waals surface area contributed by atoms with Gasteiger partial charge in [-0.3, -0.25) is 4.79 Å². The van der Waals surface area contributed by atoms with Crippen LogP contribution in [0.15, 0.2) is 47.4 Å². The van der Waals surface area contributed by atoms with Crippen molar-refractivity contribution in [2.24, 2.45) is 5.92 Å². The number of amides is 1. The van der Waals surface area contributed by atoms with E-state index in [0.717, 1.165) is 41.5 Å². The van der Waals surface area contributed by atoms with Crippen molar-refractivity contribution < 1.29 is 52.7 Å². The molecule has 0 saturated carbocycles. The molecule has 0 N–H and O–H groups in total. The molecule has 0 unspecified atom stereocenters. The van der Waals surface area contributed by atoms with Gasteiger partial charge in [-0.25, -0.2) is 8.42 Å². The van der Waals surface area contributed by atoms with Crippen molar-refractivity contribution in [1.82, 2.24) is 4.90 Å². The van der Waals surface area contributed by atoms with E-state index in [1.165, 1.54) is 0 Å². The third-order valence-electron chi connectivity index (χ3n) is 5.03. The average molecular weight is 543 g/mol. The minimum Gasteiger partial charge on any atom is -0.405 e. The molecular formula is C20H15F6NO6S2. The van der Waals surface area contributed by atoms with Gasteiger partial charge in [0.05, 0.1) is 20.9 Å². The van der Waals surface area contributed by atoms with Gasteiger partial charge in [0.1, 0.15) is 5.75 Å². The van der Waals surface area contributed by atoms with Crippen LogP contribution in [-0.2, 0) is 26.3 Å². The number of alkyl halides is 6. The van der Waals surface area contributed by atoms with Crippen molar-refractivity contribution in [3.63, 3.8) is 0 Å². The Labute approximate surface area is 196 Å². The summed E-state index contributed by atoms with van der Waals surface area (Å²) in [4.78, 5) is 12.8. The van der Waals surface area contributed by atoms with Crippen LogP contribution in [0, 0.1) is 5.92 Å². The van der Waals surface area contributed by atoms with Crippen LogP contribution in [-0.4, -0.2) is 58.2 Å². The van der Waals surface area contributed by atoms with Crippen molar-refractivity contribution in [2.45, 2.75) is 17.4 Å². The lowest BCUT2D eigenvalue weighted by Gasteiger charge is -2.39. The number of carbonyl (C=O) groups is 1. The first kappa shape index (κ1) is 26.5. The molecule has 2 aromatic carbocycles. The van der Waals surface area contributed by atoms with Gasteiger partial charge in [-0.2, -0.15) is 21.6 Å². The third-order valence-corrected chi connectivity index (χ3v) is 7.07. The van der Waals surface area contributed by atoms with E-state index in [4.69, 9.17) is 0 Å². The molecule has 0 radical (unpaired) electrons. The molecule has 0 spiro atoms. The zero-order chi connectivity index (χ0) is 26.3. The van der Waals surface area contributed by atoms with E-state index in [0.29, 0.717) is 12.1 Å². The molecule has 35 heavy (non-hydrogen) atoms. The highest BCUT2D eigenvalue weighted by atomic mass is 32.2. The van der Waals surface area contributed by atoms with Gasteiger partial charge in [0.15, 0.2) is 9.84 Å². The summed E-state index contributed by atoms with van der Waals surface area (Å²) in [6.45, 7) is -0.643. The average Bonchev–Trinajstić information content (AvgIpc) is 2.67. The van der Waals surface area contributed by atoms with Crippen LogP contribution in [0.3, 0.4) is 0 Å². The maximum Gasteiger partial charge on any atom is 0.573 e. The first-order chi connectivity index (χ1) is 16.0. The highest BCUT2D eigenvalue weighted by Gasteiger charge is 2.39. The lowest BCUT2D eigenvalue weighted by Crippen LogP contribution is -2.53. The van der Waals surface area contributed by atoms with Crippen LogP contribution < -0.4 is 4.74 Å². The van der Waals surface area contributed by atoms with Gasteiger partial charge in [-0.05, 0) is 35.9 Å². The fourth-order valence-corrected chi connectivity index (χ4v) is 4.79. The quantitative estimate of drug-likeness (QED) is 0.327. The molecule has 1 aliphatic heterocycles. The van der Waals surface area contributed by atoms with Gasteiger partial charge in [0.2, 0.25) is 10.3 Å². The topological polar surface area (TPSA) is 97.8 Å². The Morgan fingerprint density at radius 2 is 1.66 bits per heavy atom. The van der Waals surface area contributed by atoms with Gasteiger partial charge in [-0.1, -0.05) is 12.1 Å². The molecule has 2 aromatic rings. The van der Waals surface area contributed by atoms with E-state index in [1.54, 1.807) is 0 Å². The molecular weight excluding hydrogens is 528 g/mol. The maximum absolute atomic E-state index is 13.0. The SMILES string of the molecule is CS(=O)(=O)c1ccc(C(=O)N2CC(C(c3cccc(C(F)(F)F)c3)=S(=O)=O)C2)c(OC(F)(F)F)c1. The Balaban J connectivity index is 1.88. The summed E-state index contributed by atoms with van der Waals surface area (Å²) in [6.07, 6.45) is -9.22. The predicted molar refractivity (Wildman–Crippen MR) is 110 cm³/mol. The summed E-state index contributed by atoms with van der Waals surface area (Å²) in [7, 11) is -6.88. The van der Waals surface area contributed by atoms with Crippen LogP contribution in [0.1, 0.15) is 21.5 Å². The molecule has 7 nitrogen and oxygen atoms in total. The van der Waals surface area contributed by atoms with E-state index >= 15 is 0 Å². The number of sulfone groups is 1. The third kappa shape index (κ3) is 6.14. The standard InChI is InChI=1S/C20H15F6NO6S2/c1-35(31,32)14-5-6-15(16(8-14)33-20(24,25)26)18(28)27-9-12(10-27)17(34(29)30)11-3-2-4-13(7-11)19(21,22)23/h2-8,12H,9-10H2,1H3. The fourth-order valence-electron chi connectivity index (χ4n) is 3.42. The minimum absolute atomic E-state index is 0.233. The summed E-state index contributed by atoms with van der Waals surface area (Å²) in [5.74, 6) is -2.99. The summed E-state index contributed by atoms with van der Waals surface area (Å²) < 4.78 is 128. The van der Waals surface area contributed by atoms with Gasteiger partial charge >= 0.3 is 12.5 Å². The first-order valence-electron chi connectivity index (χ1n) is 9.50. The Hall–Kier alpha value is -3.07. The zero-order valence-electron chi connectivity index (χ0n) is 17.5. The number of nitrogens with zero attached hydrogens (tertiary/aromatic N) is 1. The fraction of sp³-hybridized carbons (Fsp3) is 0.300. The van der Waals surface area contributed by atoms with Crippen LogP contribution in [0.4, 0.5) is 26.3 Å². The molecule has 0 aliphatic carbocycles. The highest BCUT2D eigenvalue weighted by molar-refractivity contribution is 7.90. The van der Waals surface area contributed by atoms with E-state index in [9.17, 15) is 48.0 Å². The number of hydrogen-bond donors (Lipinski definition) is 0. The van der Waals surface area contributed by atoms with Crippen LogP contribution in [0.5, 0.6) is 5.75 Å². The van der Waals surface area contributed by atoms with Crippen LogP contribution in [0.2, 0.25) is 0 Å². The Morgan fingerprint density at radius 3 is 2.17 bits per heavy atom. The van der Waals surface area contributed by atoms with E-state index in [-0.39, 0.29) is 23.5 Å². The van der Waals surface area contributed by atoms with Crippen molar-refractivity contribution in [2.75, 3.05) is 19.3 Å². The Bertz CT molecular complexity index is 1400. The second-order valence-corrected chi connectivity index (χ2v) is 10.5. The molecule has 3 rings (SSSR count). The van der Waals surface area contributed by atoms with Gasteiger partial charge in [0, 0.05) is 25.3 Å². The van der Waals surface area contributed by atoms with Crippen LogP contribution in [0.25, 0.3) is 0 Å². The Kier molecular flexibility index (Phi) is 6.96. The molecule has 0 aromatic heterocycles. The van der Waals surface area contributed by atoms with E-state index < -0.39 is 66.3 Å². The second-order valence-electron chi connectivity index (χ2n) is 7.56. The van der Waals surface area contributed by atoms with Crippen molar-refractivity contribution in [3.05, 3.63) is 59.2 Å². The number of halogens is 6. The summed E-state index contributed by atoms with van der Waals surface area (Å²) in [6, 6.07) is 5.87. The van der Waals surface area contributed by atoms with Crippen molar-refractivity contribution in [1.29, 1.82) is 0 Å². The maximum atomic E-state index is 13.0. The molecule has 190 valence electrons. The van der Waals surface area contributed by atoms with Crippen molar-refractivity contribution >= 4 is 30.9 Å². The molecule has 1 fully saturated rings. The monoisotopic (exact) mass is 543 g/mol. The number of carbonyl (C=O) groups excluding carboxylic acids is 1.